The normalized spacial score (nSPS) is 22.5. The van der Waals surface area contributed by atoms with Crippen molar-refractivity contribution in [3.8, 4) is 0 Å². The lowest BCUT2D eigenvalue weighted by Gasteiger charge is -2.47. The number of fused-ring (bicyclic) bond motifs is 2. The summed E-state index contributed by atoms with van der Waals surface area (Å²) < 4.78 is 65.0. The SMILES string of the molecule is Fc1c(Cl)cc([C@]2(C(F)(F)F)CC(c3ccc4c(c3)COC43CN(c4ncccn4)C3)=NS2)cc1Cl. The van der Waals surface area contributed by atoms with E-state index < -0.39 is 38.8 Å². The second-order valence-electron chi connectivity index (χ2n) is 8.94. The van der Waals surface area contributed by atoms with E-state index in [4.69, 9.17) is 27.9 Å². The number of benzene rings is 2. The minimum absolute atomic E-state index is 0.240. The van der Waals surface area contributed by atoms with Gasteiger partial charge < -0.3 is 9.64 Å². The molecular formula is C24H16Cl2F4N4OS. The molecule has 4 heterocycles. The van der Waals surface area contributed by atoms with Crippen LogP contribution >= 0.6 is 35.1 Å². The van der Waals surface area contributed by atoms with Crippen LogP contribution in [0, 0.1) is 5.82 Å². The molecule has 12 heteroatoms. The molecule has 3 aromatic rings. The van der Waals surface area contributed by atoms with E-state index in [0.717, 1.165) is 23.3 Å². The van der Waals surface area contributed by atoms with Crippen LogP contribution < -0.4 is 4.90 Å². The Morgan fingerprint density at radius 3 is 2.39 bits per heavy atom. The first-order valence-corrected chi connectivity index (χ1v) is 12.4. The molecule has 0 radical (unpaired) electrons. The van der Waals surface area contributed by atoms with Crippen LogP contribution in [0.15, 0.2) is 53.2 Å². The average molecular weight is 555 g/mol. The van der Waals surface area contributed by atoms with E-state index >= 15 is 0 Å². The molecule has 186 valence electrons. The van der Waals surface area contributed by atoms with Gasteiger partial charge in [-0.15, -0.1) is 0 Å². The second-order valence-corrected chi connectivity index (χ2v) is 10.8. The van der Waals surface area contributed by atoms with Gasteiger partial charge in [0.25, 0.3) is 0 Å². The maximum Gasteiger partial charge on any atom is 0.409 e. The number of nitrogens with zero attached hydrogens (tertiary/aromatic N) is 4. The van der Waals surface area contributed by atoms with Crippen LogP contribution in [0.25, 0.3) is 0 Å². The van der Waals surface area contributed by atoms with Crippen molar-refractivity contribution < 1.29 is 22.3 Å². The lowest BCUT2D eigenvalue weighted by atomic mass is 9.83. The van der Waals surface area contributed by atoms with Gasteiger partial charge in [-0.2, -0.15) is 13.2 Å². The molecule has 2 aromatic carbocycles. The van der Waals surface area contributed by atoms with Gasteiger partial charge in [0.15, 0.2) is 10.6 Å². The molecule has 0 unspecified atom stereocenters. The maximum atomic E-state index is 14.4. The highest BCUT2D eigenvalue weighted by Gasteiger charge is 2.60. The molecule has 1 aromatic heterocycles. The monoisotopic (exact) mass is 554 g/mol. The summed E-state index contributed by atoms with van der Waals surface area (Å²) in [6.07, 6.45) is -1.77. The van der Waals surface area contributed by atoms with Gasteiger partial charge in [0.2, 0.25) is 5.95 Å². The highest BCUT2D eigenvalue weighted by Crippen LogP contribution is 2.57. The Morgan fingerprint density at radius 1 is 1.03 bits per heavy atom. The van der Waals surface area contributed by atoms with Crippen LogP contribution in [0.1, 0.15) is 28.7 Å². The van der Waals surface area contributed by atoms with Gasteiger partial charge in [0, 0.05) is 18.8 Å². The molecule has 1 atom stereocenters. The molecule has 3 aliphatic rings. The van der Waals surface area contributed by atoms with Crippen molar-refractivity contribution in [2.75, 3.05) is 18.0 Å². The molecule has 0 saturated carbocycles. The average Bonchev–Trinajstić information content (AvgIpc) is 3.45. The Labute approximate surface area is 217 Å². The van der Waals surface area contributed by atoms with Crippen molar-refractivity contribution in [3.05, 3.63) is 86.9 Å². The van der Waals surface area contributed by atoms with Crippen molar-refractivity contribution in [1.29, 1.82) is 0 Å². The first kappa shape index (κ1) is 24.0. The lowest BCUT2D eigenvalue weighted by molar-refractivity contribution is -0.159. The number of ether oxygens (including phenoxy) is 1. The molecule has 3 aliphatic heterocycles. The first-order chi connectivity index (χ1) is 17.1. The molecular weight excluding hydrogens is 539 g/mol. The second kappa shape index (κ2) is 8.31. The molecule has 0 N–H and O–H groups in total. The molecule has 6 rings (SSSR count). The smallest absolute Gasteiger partial charge is 0.362 e. The van der Waals surface area contributed by atoms with E-state index in [0.29, 0.717) is 43.2 Å². The zero-order valence-corrected chi connectivity index (χ0v) is 20.6. The van der Waals surface area contributed by atoms with Crippen molar-refractivity contribution in [2.24, 2.45) is 4.40 Å². The maximum absolute atomic E-state index is 14.4. The van der Waals surface area contributed by atoms with Crippen LogP contribution in [-0.2, 0) is 21.7 Å². The van der Waals surface area contributed by atoms with E-state index in [2.05, 4.69) is 14.4 Å². The lowest BCUT2D eigenvalue weighted by Crippen LogP contribution is -2.60. The Kier molecular flexibility index (Phi) is 5.53. The Balaban J connectivity index is 1.27. The molecule has 36 heavy (non-hydrogen) atoms. The Bertz CT molecular complexity index is 1380. The molecule has 5 nitrogen and oxygen atoms in total. The number of rotatable bonds is 3. The Morgan fingerprint density at radius 2 is 1.72 bits per heavy atom. The quantitative estimate of drug-likeness (QED) is 0.211. The summed E-state index contributed by atoms with van der Waals surface area (Å²) in [5.74, 6) is -0.330. The number of anilines is 1. The molecule has 0 aliphatic carbocycles. The predicted molar refractivity (Wildman–Crippen MR) is 130 cm³/mol. The Hall–Kier alpha value is -2.40. The minimum Gasteiger partial charge on any atom is -0.362 e. The summed E-state index contributed by atoms with van der Waals surface area (Å²) in [6, 6.07) is 9.20. The first-order valence-electron chi connectivity index (χ1n) is 10.9. The topological polar surface area (TPSA) is 50.6 Å². The van der Waals surface area contributed by atoms with E-state index in [-0.39, 0.29) is 11.3 Å². The zero-order chi connectivity index (χ0) is 25.3. The zero-order valence-electron chi connectivity index (χ0n) is 18.3. The van der Waals surface area contributed by atoms with Gasteiger partial charge in [-0.05, 0) is 58.5 Å². The van der Waals surface area contributed by atoms with Crippen molar-refractivity contribution >= 4 is 46.8 Å². The van der Waals surface area contributed by atoms with Crippen LogP contribution in [0.4, 0.5) is 23.5 Å². The number of halogens is 6. The van der Waals surface area contributed by atoms with Crippen molar-refractivity contribution in [1.82, 2.24) is 9.97 Å². The summed E-state index contributed by atoms with van der Waals surface area (Å²) in [4.78, 5) is 10.5. The van der Waals surface area contributed by atoms with Crippen LogP contribution in [-0.4, -0.2) is 34.9 Å². The van der Waals surface area contributed by atoms with Gasteiger partial charge in [-0.3, -0.25) is 0 Å². The largest absolute Gasteiger partial charge is 0.409 e. The fourth-order valence-electron chi connectivity index (χ4n) is 4.91. The predicted octanol–water partition coefficient (Wildman–Crippen LogP) is 6.47. The molecule has 1 fully saturated rings. The summed E-state index contributed by atoms with van der Waals surface area (Å²) in [6.45, 7) is 1.52. The fraction of sp³-hybridized carbons (Fsp3) is 0.292. The van der Waals surface area contributed by atoms with E-state index in [1.165, 1.54) is 0 Å². The number of hydrogen-bond donors (Lipinski definition) is 0. The van der Waals surface area contributed by atoms with E-state index in [1.54, 1.807) is 24.5 Å². The van der Waals surface area contributed by atoms with Crippen LogP contribution in [0.5, 0.6) is 0 Å². The summed E-state index contributed by atoms with van der Waals surface area (Å²) in [7, 11) is 0. The van der Waals surface area contributed by atoms with Gasteiger partial charge in [-0.25, -0.2) is 18.8 Å². The fourth-order valence-corrected chi connectivity index (χ4v) is 6.36. The standard InChI is InChI=1S/C24H16Cl2F4N4OS/c25-17-7-15(8-18(26)20(17)27)23(24(28,29)30)9-19(33-36-23)13-2-3-16-14(6-13)10-35-22(16)11-34(12-22)21-31-4-1-5-32-21/h1-8H,9-12H2/t23-/m0/s1. The molecule has 1 saturated heterocycles. The summed E-state index contributed by atoms with van der Waals surface area (Å²) >= 11 is 12.0. The molecule has 1 spiro atoms. The van der Waals surface area contributed by atoms with E-state index in [1.807, 2.05) is 17.0 Å². The third kappa shape index (κ3) is 3.60. The third-order valence-corrected chi connectivity index (χ3v) is 8.58. The molecule has 0 amide bonds. The highest BCUT2D eigenvalue weighted by atomic mass is 35.5. The van der Waals surface area contributed by atoms with Crippen LogP contribution in [0.2, 0.25) is 10.0 Å². The highest BCUT2D eigenvalue weighted by molar-refractivity contribution is 7.99. The number of hydrogen-bond acceptors (Lipinski definition) is 6. The molecule has 0 bridgehead atoms. The van der Waals surface area contributed by atoms with Gasteiger partial charge in [-0.1, -0.05) is 35.3 Å². The number of aromatic nitrogens is 2. The van der Waals surface area contributed by atoms with Gasteiger partial charge in [0.05, 0.1) is 35.5 Å². The van der Waals surface area contributed by atoms with Gasteiger partial charge in [0.1, 0.15) is 5.60 Å². The van der Waals surface area contributed by atoms with Crippen LogP contribution in [0.3, 0.4) is 0 Å². The van der Waals surface area contributed by atoms with E-state index in [9.17, 15) is 17.6 Å². The number of alkyl halides is 3. The minimum atomic E-state index is -4.69. The summed E-state index contributed by atoms with van der Waals surface area (Å²) in [5.41, 5.74) is 2.04. The van der Waals surface area contributed by atoms with Gasteiger partial charge >= 0.3 is 6.18 Å². The van der Waals surface area contributed by atoms with Crippen molar-refractivity contribution in [2.45, 2.75) is 29.6 Å². The third-order valence-electron chi connectivity index (χ3n) is 6.80. The summed E-state index contributed by atoms with van der Waals surface area (Å²) in [5, 5.41) is -0.934. The van der Waals surface area contributed by atoms with Crippen molar-refractivity contribution in [3.63, 3.8) is 0 Å².